The zero-order valence-electron chi connectivity index (χ0n) is 10.8. The average Bonchev–Trinajstić information content (AvgIpc) is 2.90. The maximum absolute atomic E-state index is 11.4. The monoisotopic (exact) mass is 362 g/mol. The predicted octanol–water partition coefficient (Wildman–Crippen LogP) is 4.37. The molecule has 1 aromatic carbocycles. The van der Waals surface area contributed by atoms with Crippen LogP contribution in [0.15, 0.2) is 46.4 Å². The molecule has 6 heteroatoms. The van der Waals surface area contributed by atoms with E-state index < -0.39 is 5.97 Å². The number of carbonyl (C=O) groups is 1. The third-order valence-corrected chi connectivity index (χ3v) is 4.70. The van der Waals surface area contributed by atoms with E-state index in [2.05, 4.69) is 26.2 Å². The van der Waals surface area contributed by atoms with E-state index in [9.17, 15) is 9.90 Å². The summed E-state index contributed by atoms with van der Waals surface area (Å²) in [6.07, 6.45) is 1.40. The second-order valence-electron chi connectivity index (χ2n) is 4.43. The van der Waals surface area contributed by atoms with Crippen molar-refractivity contribution in [2.75, 3.05) is 5.32 Å². The number of anilines is 1. The van der Waals surface area contributed by atoms with Crippen molar-refractivity contribution in [3.8, 4) is 0 Å². The van der Waals surface area contributed by atoms with Crippen LogP contribution >= 0.6 is 27.3 Å². The Morgan fingerprint density at radius 1 is 1.29 bits per heavy atom. The molecule has 3 aromatic rings. The number of nitrogens with zero attached hydrogens (tertiary/aromatic N) is 1. The molecule has 0 bridgehead atoms. The molecular weight excluding hydrogens is 352 g/mol. The number of fused-ring (bicyclic) bond motifs is 1. The van der Waals surface area contributed by atoms with Crippen molar-refractivity contribution in [3.05, 3.63) is 56.8 Å². The quantitative estimate of drug-likeness (QED) is 0.723. The summed E-state index contributed by atoms with van der Waals surface area (Å²) < 4.78 is 1.05. The van der Waals surface area contributed by atoms with Crippen LogP contribution in [0.2, 0.25) is 0 Å². The Kier molecular flexibility index (Phi) is 3.90. The minimum atomic E-state index is -0.983. The van der Waals surface area contributed by atoms with E-state index in [-0.39, 0.29) is 5.56 Å². The number of carboxylic acids is 1. The van der Waals surface area contributed by atoms with Gasteiger partial charge < -0.3 is 10.4 Å². The molecular formula is C15H11BrN2O2S. The molecule has 0 radical (unpaired) electrons. The van der Waals surface area contributed by atoms with E-state index in [1.54, 1.807) is 11.3 Å². The normalized spacial score (nSPS) is 10.7. The number of thiophene rings is 1. The van der Waals surface area contributed by atoms with E-state index >= 15 is 0 Å². The summed E-state index contributed by atoms with van der Waals surface area (Å²) in [4.78, 5) is 16.7. The van der Waals surface area contributed by atoms with Gasteiger partial charge in [0.2, 0.25) is 0 Å². The molecule has 0 unspecified atom stereocenters. The van der Waals surface area contributed by atoms with Gasteiger partial charge in [-0.25, -0.2) is 4.79 Å². The van der Waals surface area contributed by atoms with Crippen LogP contribution in [0.25, 0.3) is 10.9 Å². The highest BCUT2D eigenvalue weighted by molar-refractivity contribution is 9.11. The highest BCUT2D eigenvalue weighted by Gasteiger charge is 2.14. The van der Waals surface area contributed by atoms with Crippen LogP contribution in [0.3, 0.4) is 0 Å². The maximum Gasteiger partial charge on any atom is 0.339 e. The molecule has 0 amide bonds. The average molecular weight is 363 g/mol. The molecule has 106 valence electrons. The van der Waals surface area contributed by atoms with Crippen molar-refractivity contribution in [2.45, 2.75) is 6.54 Å². The molecule has 0 saturated heterocycles. The van der Waals surface area contributed by atoms with Gasteiger partial charge in [-0.2, -0.15) is 0 Å². The number of hydrogen-bond donors (Lipinski definition) is 2. The molecule has 0 saturated carbocycles. The summed E-state index contributed by atoms with van der Waals surface area (Å²) in [6.45, 7) is 0.574. The lowest BCUT2D eigenvalue weighted by Gasteiger charge is -2.11. The molecule has 2 aromatic heterocycles. The van der Waals surface area contributed by atoms with Crippen LogP contribution in [-0.2, 0) is 6.54 Å². The first-order valence-electron chi connectivity index (χ1n) is 6.24. The third kappa shape index (κ3) is 2.91. The van der Waals surface area contributed by atoms with Crippen LogP contribution < -0.4 is 5.32 Å². The summed E-state index contributed by atoms with van der Waals surface area (Å²) >= 11 is 5.04. The van der Waals surface area contributed by atoms with Crippen molar-refractivity contribution in [2.24, 2.45) is 0 Å². The van der Waals surface area contributed by atoms with Gasteiger partial charge >= 0.3 is 5.97 Å². The van der Waals surface area contributed by atoms with Gasteiger partial charge in [-0.05, 0) is 34.1 Å². The van der Waals surface area contributed by atoms with Crippen LogP contribution in [0.4, 0.5) is 5.69 Å². The molecule has 0 aliphatic carbocycles. The second kappa shape index (κ2) is 5.83. The van der Waals surface area contributed by atoms with Crippen LogP contribution in [0, 0.1) is 0 Å². The molecule has 0 atom stereocenters. The topological polar surface area (TPSA) is 62.2 Å². The Morgan fingerprint density at radius 2 is 2.10 bits per heavy atom. The molecule has 0 spiro atoms. The lowest BCUT2D eigenvalue weighted by Crippen LogP contribution is -2.07. The first-order valence-corrected chi connectivity index (χ1v) is 7.85. The number of halogens is 1. The standard InChI is InChI=1S/C15H11BrN2O2S/c16-13-6-5-9(21-13)7-18-14-10-3-1-2-4-12(10)17-8-11(14)15(19)20/h1-6,8H,7H2,(H,17,18)(H,19,20). The van der Waals surface area contributed by atoms with Crippen molar-refractivity contribution < 1.29 is 9.90 Å². The number of rotatable bonds is 4. The summed E-state index contributed by atoms with van der Waals surface area (Å²) in [7, 11) is 0. The molecule has 0 fully saturated rings. The van der Waals surface area contributed by atoms with Crippen LogP contribution in [0.5, 0.6) is 0 Å². The fraction of sp³-hybridized carbons (Fsp3) is 0.0667. The fourth-order valence-corrected chi connectivity index (χ4v) is 3.54. The SMILES string of the molecule is O=C(O)c1cnc2ccccc2c1NCc1ccc(Br)s1. The van der Waals surface area contributed by atoms with Crippen molar-refractivity contribution >= 4 is 49.8 Å². The fourth-order valence-electron chi connectivity index (χ4n) is 2.12. The van der Waals surface area contributed by atoms with Gasteiger partial charge in [0.25, 0.3) is 0 Å². The smallest absolute Gasteiger partial charge is 0.339 e. The predicted molar refractivity (Wildman–Crippen MR) is 88.0 cm³/mol. The second-order valence-corrected chi connectivity index (χ2v) is 6.98. The molecule has 2 heterocycles. The Hall–Kier alpha value is -1.92. The Bertz CT molecular complexity index is 816. The highest BCUT2D eigenvalue weighted by Crippen LogP contribution is 2.28. The summed E-state index contributed by atoms with van der Waals surface area (Å²) in [6, 6.07) is 11.5. The lowest BCUT2D eigenvalue weighted by atomic mass is 10.1. The van der Waals surface area contributed by atoms with Gasteiger partial charge in [-0.1, -0.05) is 18.2 Å². The third-order valence-electron chi connectivity index (χ3n) is 3.07. The molecule has 0 aliphatic rings. The van der Waals surface area contributed by atoms with Gasteiger partial charge in [0.15, 0.2) is 0 Å². The Balaban J connectivity index is 2.01. The van der Waals surface area contributed by atoms with Crippen LogP contribution in [0.1, 0.15) is 15.2 Å². The number of pyridine rings is 1. The minimum Gasteiger partial charge on any atom is -0.478 e. The first kappa shape index (κ1) is 14.0. The van der Waals surface area contributed by atoms with Gasteiger partial charge in [0, 0.05) is 23.0 Å². The molecule has 4 nitrogen and oxygen atoms in total. The number of nitrogens with one attached hydrogen (secondary N) is 1. The van der Waals surface area contributed by atoms with E-state index in [0.717, 1.165) is 19.6 Å². The van der Waals surface area contributed by atoms with E-state index in [1.807, 2.05) is 36.4 Å². The van der Waals surface area contributed by atoms with Gasteiger partial charge in [0.1, 0.15) is 5.56 Å². The highest BCUT2D eigenvalue weighted by atomic mass is 79.9. The molecule has 2 N–H and O–H groups in total. The van der Waals surface area contributed by atoms with Gasteiger partial charge in [0.05, 0.1) is 15.0 Å². The lowest BCUT2D eigenvalue weighted by molar-refractivity contribution is 0.0697. The zero-order valence-corrected chi connectivity index (χ0v) is 13.2. The van der Waals surface area contributed by atoms with E-state index in [4.69, 9.17) is 0 Å². The minimum absolute atomic E-state index is 0.185. The maximum atomic E-state index is 11.4. The number of benzene rings is 1. The van der Waals surface area contributed by atoms with Gasteiger partial charge in [-0.3, -0.25) is 4.98 Å². The van der Waals surface area contributed by atoms with Crippen molar-refractivity contribution in [1.29, 1.82) is 0 Å². The number of aromatic carboxylic acids is 1. The molecule has 21 heavy (non-hydrogen) atoms. The number of hydrogen-bond acceptors (Lipinski definition) is 4. The summed E-state index contributed by atoms with van der Waals surface area (Å²) in [5.74, 6) is -0.983. The first-order chi connectivity index (χ1) is 10.1. The number of aromatic nitrogens is 1. The Morgan fingerprint density at radius 3 is 2.81 bits per heavy atom. The van der Waals surface area contributed by atoms with Crippen molar-refractivity contribution in [1.82, 2.24) is 4.98 Å². The van der Waals surface area contributed by atoms with Crippen molar-refractivity contribution in [3.63, 3.8) is 0 Å². The zero-order chi connectivity index (χ0) is 14.8. The van der Waals surface area contributed by atoms with Crippen LogP contribution in [-0.4, -0.2) is 16.1 Å². The van der Waals surface area contributed by atoms with Gasteiger partial charge in [-0.15, -0.1) is 11.3 Å². The number of para-hydroxylation sites is 1. The largest absolute Gasteiger partial charge is 0.478 e. The molecule has 3 rings (SSSR count). The number of carboxylic acid groups (broad SMARTS) is 1. The summed E-state index contributed by atoms with van der Waals surface area (Å²) in [5.41, 5.74) is 1.57. The summed E-state index contributed by atoms with van der Waals surface area (Å²) in [5, 5.41) is 13.4. The Labute approximate surface area is 133 Å². The van der Waals surface area contributed by atoms with E-state index in [0.29, 0.717) is 12.2 Å². The molecule has 0 aliphatic heterocycles. The van der Waals surface area contributed by atoms with E-state index in [1.165, 1.54) is 6.20 Å².